The molecule has 86 valence electrons. The molecule has 0 amide bonds. The van der Waals surface area contributed by atoms with E-state index in [-0.39, 0.29) is 5.78 Å². The number of Topliss-reactive ketones (excluding diaryl/α,β-unsaturated/α-hetero) is 1. The Kier molecular flexibility index (Phi) is 2.79. The minimum Gasteiger partial charge on any atom is -0.309 e. The van der Waals surface area contributed by atoms with Gasteiger partial charge in [0, 0.05) is 30.0 Å². The topological polar surface area (TPSA) is 29.1 Å². The Bertz CT molecular complexity index is 545. The van der Waals surface area contributed by atoms with Gasteiger partial charge in [-0.1, -0.05) is 18.2 Å². The molecule has 1 aromatic heterocycles. The molecule has 1 N–H and O–H groups in total. The molecule has 3 heteroatoms. The number of carbonyl (C=O) groups excluding carboxylic acids is 1. The Labute approximate surface area is 104 Å². The summed E-state index contributed by atoms with van der Waals surface area (Å²) in [5.74, 6) is 0.210. The van der Waals surface area contributed by atoms with Crippen LogP contribution in [0.5, 0.6) is 0 Å². The number of hydrogen-bond acceptors (Lipinski definition) is 3. The minimum absolute atomic E-state index is 0.210. The fraction of sp³-hybridized carbons (Fsp3) is 0.214. The molecule has 0 bridgehead atoms. The maximum absolute atomic E-state index is 12.1. The maximum atomic E-state index is 12.1. The molecule has 0 saturated carbocycles. The largest absolute Gasteiger partial charge is 0.309 e. The summed E-state index contributed by atoms with van der Waals surface area (Å²) in [4.78, 5) is 13.2. The van der Waals surface area contributed by atoms with E-state index in [1.54, 1.807) is 11.3 Å². The first-order valence-electron chi connectivity index (χ1n) is 5.71. The smallest absolute Gasteiger partial charge is 0.168 e. The van der Waals surface area contributed by atoms with E-state index in [0.29, 0.717) is 6.42 Å². The molecule has 0 aliphatic carbocycles. The average molecular weight is 243 g/mol. The molecule has 0 atom stereocenters. The van der Waals surface area contributed by atoms with E-state index in [1.807, 2.05) is 29.6 Å². The van der Waals surface area contributed by atoms with E-state index in [1.165, 1.54) is 11.1 Å². The molecule has 1 aliphatic rings. The number of rotatable bonds is 3. The van der Waals surface area contributed by atoms with Crippen LogP contribution < -0.4 is 5.32 Å². The highest BCUT2D eigenvalue weighted by Crippen LogP contribution is 2.19. The first-order chi connectivity index (χ1) is 8.33. The highest BCUT2D eigenvalue weighted by atomic mass is 32.1. The second-order valence-electron chi connectivity index (χ2n) is 4.27. The van der Waals surface area contributed by atoms with Crippen molar-refractivity contribution < 1.29 is 4.79 Å². The van der Waals surface area contributed by atoms with Crippen molar-refractivity contribution in [2.24, 2.45) is 0 Å². The molecule has 2 nitrogen and oxygen atoms in total. The highest BCUT2D eigenvalue weighted by Gasteiger charge is 2.13. The summed E-state index contributed by atoms with van der Waals surface area (Å²) in [6.45, 7) is 1.81. The maximum Gasteiger partial charge on any atom is 0.168 e. The fourth-order valence-corrected chi connectivity index (χ4v) is 2.85. The lowest BCUT2D eigenvalue weighted by Crippen LogP contribution is -2.03. The summed E-state index contributed by atoms with van der Waals surface area (Å²) >= 11 is 1.64. The van der Waals surface area contributed by atoms with Crippen molar-refractivity contribution in [2.45, 2.75) is 19.5 Å². The van der Waals surface area contributed by atoms with E-state index >= 15 is 0 Å². The number of thiophene rings is 1. The SMILES string of the molecule is O=C(Cc1cccs1)c1ccc2c(c1)CNC2. The van der Waals surface area contributed by atoms with Gasteiger partial charge < -0.3 is 5.32 Å². The predicted molar refractivity (Wildman–Crippen MR) is 69.3 cm³/mol. The normalized spacial score (nSPS) is 13.6. The predicted octanol–water partition coefficient (Wildman–Crippen LogP) is 2.78. The van der Waals surface area contributed by atoms with Gasteiger partial charge in [-0.2, -0.15) is 0 Å². The van der Waals surface area contributed by atoms with Crippen molar-refractivity contribution in [3.63, 3.8) is 0 Å². The zero-order chi connectivity index (χ0) is 11.7. The lowest BCUT2D eigenvalue weighted by molar-refractivity contribution is 0.0993. The van der Waals surface area contributed by atoms with E-state index in [0.717, 1.165) is 23.5 Å². The van der Waals surface area contributed by atoms with Crippen LogP contribution in [0.25, 0.3) is 0 Å². The summed E-state index contributed by atoms with van der Waals surface area (Å²) in [5, 5.41) is 5.30. The van der Waals surface area contributed by atoms with E-state index in [2.05, 4.69) is 11.4 Å². The third-order valence-corrected chi connectivity index (χ3v) is 3.95. The molecule has 0 spiro atoms. The zero-order valence-corrected chi connectivity index (χ0v) is 10.2. The minimum atomic E-state index is 0.210. The Balaban J connectivity index is 1.82. The Morgan fingerprint density at radius 2 is 2.12 bits per heavy atom. The summed E-state index contributed by atoms with van der Waals surface area (Å²) in [7, 11) is 0. The van der Waals surface area contributed by atoms with Crippen molar-refractivity contribution in [1.29, 1.82) is 0 Å². The van der Waals surface area contributed by atoms with Gasteiger partial charge in [-0.25, -0.2) is 0 Å². The van der Waals surface area contributed by atoms with Gasteiger partial charge in [0.25, 0.3) is 0 Å². The van der Waals surface area contributed by atoms with Crippen LogP contribution in [0.2, 0.25) is 0 Å². The number of benzene rings is 1. The van der Waals surface area contributed by atoms with Gasteiger partial charge in [-0.3, -0.25) is 4.79 Å². The summed E-state index contributed by atoms with van der Waals surface area (Å²) < 4.78 is 0. The van der Waals surface area contributed by atoms with Gasteiger partial charge in [-0.05, 0) is 28.6 Å². The van der Waals surface area contributed by atoms with Crippen LogP contribution in [-0.4, -0.2) is 5.78 Å². The van der Waals surface area contributed by atoms with Crippen LogP contribution in [0.3, 0.4) is 0 Å². The van der Waals surface area contributed by atoms with E-state index < -0.39 is 0 Å². The van der Waals surface area contributed by atoms with Crippen molar-refractivity contribution in [3.05, 3.63) is 57.3 Å². The first kappa shape index (κ1) is 10.7. The van der Waals surface area contributed by atoms with Gasteiger partial charge in [-0.15, -0.1) is 11.3 Å². The van der Waals surface area contributed by atoms with Gasteiger partial charge >= 0.3 is 0 Å². The number of fused-ring (bicyclic) bond motifs is 1. The van der Waals surface area contributed by atoms with E-state index in [4.69, 9.17) is 0 Å². The molecular weight excluding hydrogens is 230 g/mol. The van der Waals surface area contributed by atoms with Crippen LogP contribution in [-0.2, 0) is 19.5 Å². The van der Waals surface area contributed by atoms with Crippen molar-refractivity contribution in [3.8, 4) is 0 Å². The lowest BCUT2D eigenvalue weighted by atomic mass is 10.0. The average Bonchev–Trinajstić information content (AvgIpc) is 2.97. The molecule has 2 heterocycles. The van der Waals surface area contributed by atoms with Crippen LogP contribution in [0.1, 0.15) is 26.4 Å². The van der Waals surface area contributed by atoms with Gasteiger partial charge in [0.1, 0.15) is 0 Å². The third-order valence-electron chi connectivity index (χ3n) is 3.07. The second-order valence-corrected chi connectivity index (χ2v) is 5.30. The quantitative estimate of drug-likeness (QED) is 0.840. The molecule has 0 radical (unpaired) electrons. The monoisotopic (exact) mass is 243 g/mol. The Hall–Kier alpha value is -1.45. The van der Waals surface area contributed by atoms with E-state index in [9.17, 15) is 4.79 Å². The Morgan fingerprint density at radius 1 is 1.24 bits per heavy atom. The summed E-state index contributed by atoms with van der Waals surface area (Å²) in [5.41, 5.74) is 3.42. The van der Waals surface area contributed by atoms with Crippen LogP contribution in [0.15, 0.2) is 35.7 Å². The number of carbonyl (C=O) groups is 1. The first-order valence-corrected chi connectivity index (χ1v) is 6.59. The third kappa shape index (κ3) is 2.16. The van der Waals surface area contributed by atoms with Crippen molar-refractivity contribution in [1.82, 2.24) is 5.32 Å². The zero-order valence-electron chi connectivity index (χ0n) is 9.40. The van der Waals surface area contributed by atoms with Crippen LogP contribution >= 0.6 is 11.3 Å². The number of hydrogen-bond donors (Lipinski definition) is 1. The second kappa shape index (κ2) is 4.43. The number of nitrogens with one attached hydrogen (secondary N) is 1. The number of ketones is 1. The van der Waals surface area contributed by atoms with Gasteiger partial charge in [0.05, 0.1) is 0 Å². The molecule has 1 aromatic carbocycles. The van der Waals surface area contributed by atoms with Crippen molar-refractivity contribution >= 4 is 17.1 Å². The van der Waals surface area contributed by atoms with Crippen molar-refractivity contribution in [2.75, 3.05) is 0 Å². The molecule has 0 saturated heterocycles. The molecule has 17 heavy (non-hydrogen) atoms. The van der Waals surface area contributed by atoms with Crippen LogP contribution in [0, 0.1) is 0 Å². The highest BCUT2D eigenvalue weighted by molar-refractivity contribution is 7.10. The Morgan fingerprint density at radius 3 is 2.94 bits per heavy atom. The molecule has 1 aliphatic heterocycles. The summed E-state index contributed by atoms with van der Waals surface area (Å²) in [6, 6.07) is 10.0. The molecule has 2 aromatic rings. The molecular formula is C14H13NOS. The standard InChI is InChI=1S/C14H13NOS/c16-14(7-13-2-1-5-17-13)10-3-4-11-8-15-9-12(11)6-10/h1-6,15H,7-9H2. The molecule has 0 unspecified atom stereocenters. The van der Waals surface area contributed by atoms with Gasteiger partial charge in [0.15, 0.2) is 5.78 Å². The molecule has 0 fully saturated rings. The fourth-order valence-electron chi connectivity index (χ4n) is 2.14. The summed E-state index contributed by atoms with van der Waals surface area (Å²) in [6.07, 6.45) is 0.518. The van der Waals surface area contributed by atoms with Crippen LogP contribution in [0.4, 0.5) is 0 Å². The molecule has 3 rings (SSSR count). The van der Waals surface area contributed by atoms with Gasteiger partial charge in [0.2, 0.25) is 0 Å². The lowest BCUT2D eigenvalue weighted by Gasteiger charge is -2.02.